The van der Waals surface area contributed by atoms with Crippen molar-refractivity contribution in [2.75, 3.05) is 25.5 Å². The number of hydrogen-bond donors (Lipinski definition) is 1. The predicted octanol–water partition coefficient (Wildman–Crippen LogP) is 2.89. The molecule has 0 heterocycles. The Balaban J connectivity index is 2.32. The van der Waals surface area contributed by atoms with Crippen molar-refractivity contribution < 1.29 is 9.18 Å². The van der Waals surface area contributed by atoms with Gasteiger partial charge in [0.2, 0.25) is 5.91 Å². The summed E-state index contributed by atoms with van der Waals surface area (Å²) in [4.78, 5) is 13.8. The maximum absolute atomic E-state index is 13.3. The highest BCUT2D eigenvalue weighted by molar-refractivity contribution is 5.90. The van der Waals surface area contributed by atoms with Crippen molar-refractivity contribution in [1.82, 2.24) is 4.90 Å². The molecule has 4 heteroatoms. The van der Waals surface area contributed by atoms with Gasteiger partial charge in [0.25, 0.3) is 0 Å². The molecular formula is C14H21FN2O. The lowest BCUT2D eigenvalue weighted by Gasteiger charge is -2.15. The van der Waals surface area contributed by atoms with Crippen molar-refractivity contribution >= 4 is 11.6 Å². The second-order valence-electron chi connectivity index (χ2n) is 4.43. The van der Waals surface area contributed by atoms with E-state index in [0.29, 0.717) is 13.0 Å². The van der Waals surface area contributed by atoms with Gasteiger partial charge < -0.3 is 10.2 Å². The molecule has 100 valence electrons. The van der Waals surface area contributed by atoms with Crippen LogP contribution in [0.25, 0.3) is 0 Å². The van der Waals surface area contributed by atoms with Gasteiger partial charge in [0, 0.05) is 13.0 Å². The van der Waals surface area contributed by atoms with Crippen LogP contribution in [0, 0.1) is 5.82 Å². The molecule has 1 amide bonds. The average molecular weight is 252 g/mol. The van der Waals surface area contributed by atoms with Crippen molar-refractivity contribution in [2.24, 2.45) is 0 Å². The van der Waals surface area contributed by atoms with Crippen LogP contribution in [0.5, 0.6) is 0 Å². The first-order valence-electron chi connectivity index (χ1n) is 6.36. The lowest BCUT2D eigenvalue weighted by atomic mass is 10.2. The van der Waals surface area contributed by atoms with Crippen LogP contribution in [0.4, 0.5) is 10.1 Å². The number of nitrogens with zero attached hydrogens (tertiary/aromatic N) is 1. The number of benzene rings is 1. The van der Waals surface area contributed by atoms with Gasteiger partial charge in [-0.05, 0) is 32.1 Å². The zero-order chi connectivity index (χ0) is 13.4. The summed E-state index contributed by atoms with van der Waals surface area (Å²) in [6.07, 6.45) is 2.66. The number of unbranched alkanes of at least 4 members (excludes halogenated alkanes) is 1. The van der Waals surface area contributed by atoms with Crippen molar-refractivity contribution in [3.8, 4) is 0 Å². The largest absolute Gasteiger partial charge is 0.324 e. The maximum atomic E-state index is 13.3. The Morgan fingerprint density at radius 2 is 2.06 bits per heavy atom. The standard InChI is InChI=1S/C14H21FN2O/c1-3-4-10-17(2)11-9-14(18)16-13-8-6-5-7-12(13)15/h5-8H,3-4,9-11H2,1-2H3,(H,16,18). The van der Waals surface area contributed by atoms with Crippen molar-refractivity contribution in [1.29, 1.82) is 0 Å². The SMILES string of the molecule is CCCCN(C)CCC(=O)Nc1ccccc1F. The van der Waals surface area contributed by atoms with Gasteiger partial charge in [-0.1, -0.05) is 25.5 Å². The fourth-order valence-electron chi connectivity index (χ4n) is 1.61. The van der Waals surface area contributed by atoms with Crippen LogP contribution in [-0.4, -0.2) is 30.9 Å². The van der Waals surface area contributed by atoms with Gasteiger partial charge in [-0.15, -0.1) is 0 Å². The highest BCUT2D eigenvalue weighted by Crippen LogP contribution is 2.12. The Bertz CT molecular complexity index is 382. The van der Waals surface area contributed by atoms with Crippen LogP contribution < -0.4 is 5.32 Å². The van der Waals surface area contributed by atoms with Gasteiger partial charge in [0.15, 0.2) is 0 Å². The molecule has 0 bridgehead atoms. The van der Waals surface area contributed by atoms with Gasteiger partial charge in [-0.3, -0.25) is 4.79 Å². The molecule has 1 N–H and O–H groups in total. The van der Waals surface area contributed by atoms with E-state index in [-0.39, 0.29) is 11.6 Å². The van der Waals surface area contributed by atoms with Crippen LogP contribution in [0.3, 0.4) is 0 Å². The van der Waals surface area contributed by atoms with Crippen LogP contribution in [-0.2, 0) is 4.79 Å². The van der Waals surface area contributed by atoms with Crippen molar-refractivity contribution in [2.45, 2.75) is 26.2 Å². The van der Waals surface area contributed by atoms with Crippen LogP contribution >= 0.6 is 0 Å². The van der Waals surface area contributed by atoms with Crippen LogP contribution in [0.15, 0.2) is 24.3 Å². The molecule has 0 fully saturated rings. The molecule has 0 saturated heterocycles. The third-order valence-electron chi connectivity index (χ3n) is 2.76. The topological polar surface area (TPSA) is 32.3 Å². The summed E-state index contributed by atoms with van der Waals surface area (Å²) < 4.78 is 13.3. The molecule has 1 aromatic carbocycles. The molecule has 0 atom stereocenters. The Morgan fingerprint density at radius 3 is 2.72 bits per heavy atom. The number of carbonyl (C=O) groups excluding carboxylic acids is 1. The van der Waals surface area contributed by atoms with E-state index >= 15 is 0 Å². The first-order valence-corrected chi connectivity index (χ1v) is 6.36. The van der Waals surface area contributed by atoms with Crippen LogP contribution in [0.2, 0.25) is 0 Å². The number of anilines is 1. The smallest absolute Gasteiger partial charge is 0.225 e. The number of para-hydroxylation sites is 1. The minimum Gasteiger partial charge on any atom is -0.324 e. The highest BCUT2D eigenvalue weighted by Gasteiger charge is 2.07. The molecule has 0 unspecified atom stereocenters. The fraction of sp³-hybridized carbons (Fsp3) is 0.500. The number of nitrogens with one attached hydrogen (secondary N) is 1. The summed E-state index contributed by atoms with van der Waals surface area (Å²) in [6.45, 7) is 3.82. The van der Waals surface area contributed by atoms with Gasteiger partial charge in [-0.2, -0.15) is 0 Å². The monoisotopic (exact) mass is 252 g/mol. The Hall–Kier alpha value is -1.42. The van der Waals surface area contributed by atoms with Crippen molar-refractivity contribution in [3.63, 3.8) is 0 Å². The normalized spacial score (nSPS) is 10.7. The number of hydrogen-bond acceptors (Lipinski definition) is 2. The average Bonchev–Trinajstić information content (AvgIpc) is 2.36. The summed E-state index contributed by atoms with van der Waals surface area (Å²) in [5, 5.41) is 2.58. The molecule has 0 aliphatic rings. The Kier molecular flexibility index (Phi) is 6.36. The van der Waals surface area contributed by atoms with Gasteiger partial charge in [0.05, 0.1) is 5.69 Å². The lowest BCUT2D eigenvalue weighted by molar-refractivity contribution is -0.116. The van der Waals surface area contributed by atoms with Crippen LogP contribution in [0.1, 0.15) is 26.2 Å². The first-order chi connectivity index (χ1) is 8.63. The molecular weight excluding hydrogens is 231 g/mol. The number of halogens is 1. The third kappa shape index (κ3) is 5.27. The summed E-state index contributed by atoms with van der Waals surface area (Å²) in [6, 6.07) is 6.20. The van der Waals surface area contributed by atoms with E-state index in [4.69, 9.17) is 0 Å². The van der Waals surface area contributed by atoms with Gasteiger partial charge in [0.1, 0.15) is 5.82 Å². The molecule has 3 nitrogen and oxygen atoms in total. The predicted molar refractivity (Wildman–Crippen MR) is 72.1 cm³/mol. The summed E-state index contributed by atoms with van der Waals surface area (Å²) >= 11 is 0. The molecule has 0 aliphatic heterocycles. The van der Waals surface area contributed by atoms with E-state index in [1.165, 1.54) is 6.07 Å². The van der Waals surface area contributed by atoms with Gasteiger partial charge >= 0.3 is 0 Å². The zero-order valence-corrected chi connectivity index (χ0v) is 11.1. The molecule has 18 heavy (non-hydrogen) atoms. The summed E-state index contributed by atoms with van der Waals surface area (Å²) in [7, 11) is 1.99. The quantitative estimate of drug-likeness (QED) is 0.809. The maximum Gasteiger partial charge on any atom is 0.225 e. The number of amides is 1. The van der Waals surface area contributed by atoms with E-state index < -0.39 is 5.82 Å². The molecule has 0 aromatic heterocycles. The Morgan fingerprint density at radius 1 is 1.33 bits per heavy atom. The van der Waals surface area contributed by atoms with Crippen molar-refractivity contribution in [3.05, 3.63) is 30.1 Å². The van der Waals surface area contributed by atoms with Gasteiger partial charge in [-0.25, -0.2) is 4.39 Å². The third-order valence-corrected chi connectivity index (χ3v) is 2.76. The number of carbonyl (C=O) groups is 1. The zero-order valence-electron chi connectivity index (χ0n) is 11.1. The van der Waals surface area contributed by atoms with E-state index in [0.717, 1.165) is 19.4 Å². The minimum atomic E-state index is -0.398. The minimum absolute atomic E-state index is 0.150. The summed E-state index contributed by atoms with van der Waals surface area (Å²) in [5.41, 5.74) is 0.249. The Labute approximate surface area is 108 Å². The highest BCUT2D eigenvalue weighted by atomic mass is 19.1. The second-order valence-corrected chi connectivity index (χ2v) is 4.43. The number of rotatable bonds is 7. The summed E-state index contributed by atoms with van der Waals surface area (Å²) in [5.74, 6) is -0.548. The second kappa shape index (κ2) is 7.82. The lowest BCUT2D eigenvalue weighted by Crippen LogP contribution is -2.25. The molecule has 0 spiro atoms. The molecule has 0 saturated carbocycles. The first kappa shape index (κ1) is 14.6. The molecule has 1 aromatic rings. The van der Waals surface area contributed by atoms with E-state index in [2.05, 4.69) is 17.1 Å². The van der Waals surface area contributed by atoms with E-state index in [1.807, 2.05) is 7.05 Å². The van der Waals surface area contributed by atoms with E-state index in [1.54, 1.807) is 18.2 Å². The van der Waals surface area contributed by atoms with E-state index in [9.17, 15) is 9.18 Å². The molecule has 0 radical (unpaired) electrons. The molecule has 0 aliphatic carbocycles. The fourth-order valence-corrected chi connectivity index (χ4v) is 1.61. The molecule has 1 rings (SSSR count).